The van der Waals surface area contributed by atoms with Crippen LogP contribution in [0.4, 0.5) is 0 Å². The van der Waals surface area contributed by atoms with E-state index >= 15 is 0 Å². The van der Waals surface area contributed by atoms with Crippen LogP contribution in [0, 0.1) is 0 Å². The van der Waals surface area contributed by atoms with Gasteiger partial charge in [-0.2, -0.15) is 0 Å². The molecule has 2 atom stereocenters. The Kier molecular flexibility index (Phi) is 6.33. The molecule has 0 aliphatic heterocycles. The zero-order chi connectivity index (χ0) is 15.1. The number of hydrogen-bond donors (Lipinski definition) is 2. The number of ether oxygens (including phenoxy) is 1. The first kappa shape index (κ1) is 16.1. The number of hydrogen-bond acceptors (Lipinski definition) is 2. The van der Waals surface area contributed by atoms with E-state index in [1.165, 1.54) is 5.56 Å². The molecule has 1 aliphatic carbocycles. The average Bonchev–Trinajstić information content (AvgIpc) is 3.23. The van der Waals surface area contributed by atoms with Gasteiger partial charge in [-0.05, 0) is 37.5 Å². The summed E-state index contributed by atoms with van der Waals surface area (Å²) in [6.07, 6.45) is 2.07. The summed E-state index contributed by atoms with van der Waals surface area (Å²) in [5.41, 5.74) is 1.30. The van der Waals surface area contributed by atoms with E-state index in [0.717, 1.165) is 43.5 Å². The summed E-state index contributed by atoms with van der Waals surface area (Å²) in [6.45, 7) is 4.47. The molecule has 1 aliphatic rings. The number of halogens is 1. The molecule has 5 heteroatoms. The predicted octanol–water partition coefficient (Wildman–Crippen LogP) is 2.79. The Hall–Kier alpha value is -1.26. The van der Waals surface area contributed by atoms with Gasteiger partial charge in [0.05, 0.1) is 0 Å². The van der Waals surface area contributed by atoms with Gasteiger partial charge in [-0.15, -0.1) is 0 Å². The van der Waals surface area contributed by atoms with E-state index in [1.807, 2.05) is 12.1 Å². The Labute approximate surface area is 131 Å². The molecule has 4 nitrogen and oxygen atoms in total. The second kappa shape index (κ2) is 8.25. The quantitative estimate of drug-likeness (QED) is 0.462. The molecular formula is C16H24ClN3O. The highest BCUT2D eigenvalue weighted by Gasteiger charge is 2.39. The smallest absolute Gasteiger partial charge is 0.191 e. The highest BCUT2D eigenvalue weighted by Crippen LogP contribution is 2.41. The van der Waals surface area contributed by atoms with Crippen LogP contribution in [0.1, 0.15) is 31.2 Å². The molecule has 1 fully saturated rings. The summed E-state index contributed by atoms with van der Waals surface area (Å²) in [5, 5.41) is 7.58. The SMILES string of the molecule is CCNC(=NCCCOC)NC1CC1c1cccc(Cl)c1. The van der Waals surface area contributed by atoms with Crippen molar-refractivity contribution in [3.8, 4) is 0 Å². The Morgan fingerprint density at radius 3 is 3.05 bits per heavy atom. The van der Waals surface area contributed by atoms with Crippen LogP contribution in [0.2, 0.25) is 5.02 Å². The molecule has 0 saturated heterocycles. The lowest BCUT2D eigenvalue weighted by atomic mass is 10.1. The van der Waals surface area contributed by atoms with Crippen molar-refractivity contribution in [1.29, 1.82) is 0 Å². The lowest BCUT2D eigenvalue weighted by molar-refractivity contribution is 0.197. The summed E-state index contributed by atoms with van der Waals surface area (Å²) in [6, 6.07) is 8.56. The molecule has 116 valence electrons. The Bertz CT molecular complexity index is 478. The Balaban J connectivity index is 1.85. The predicted molar refractivity (Wildman–Crippen MR) is 88.2 cm³/mol. The van der Waals surface area contributed by atoms with Crippen LogP contribution in [0.25, 0.3) is 0 Å². The van der Waals surface area contributed by atoms with Gasteiger partial charge < -0.3 is 15.4 Å². The molecule has 0 amide bonds. The lowest BCUT2D eigenvalue weighted by Crippen LogP contribution is -2.39. The van der Waals surface area contributed by atoms with Crippen molar-refractivity contribution < 1.29 is 4.74 Å². The molecule has 0 radical (unpaired) electrons. The summed E-state index contributed by atoms with van der Waals surface area (Å²) in [4.78, 5) is 4.57. The standard InChI is InChI=1S/C16H24ClN3O/c1-3-18-16(19-8-5-9-21-2)20-15-11-14(15)12-6-4-7-13(17)10-12/h4,6-7,10,14-15H,3,5,8-9,11H2,1-2H3,(H2,18,19,20). The molecule has 1 aromatic carbocycles. The molecule has 1 saturated carbocycles. The van der Waals surface area contributed by atoms with E-state index in [-0.39, 0.29) is 0 Å². The monoisotopic (exact) mass is 309 g/mol. The number of benzene rings is 1. The van der Waals surface area contributed by atoms with Gasteiger partial charge in [0.2, 0.25) is 0 Å². The first-order valence-corrected chi connectivity index (χ1v) is 7.91. The van der Waals surface area contributed by atoms with E-state index in [1.54, 1.807) is 7.11 Å². The molecule has 1 aromatic rings. The number of methoxy groups -OCH3 is 1. The van der Waals surface area contributed by atoms with Crippen LogP contribution < -0.4 is 10.6 Å². The summed E-state index contributed by atoms with van der Waals surface area (Å²) >= 11 is 6.05. The van der Waals surface area contributed by atoms with Gasteiger partial charge in [-0.3, -0.25) is 4.99 Å². The van der Waals surface area contributed by atoms with Gasteiger partial charge >= 0.3 is 0 Å². The fourth-order valence-electron chi connectivity index (χ4n) is 2.36. The van der Waals surface area contributed by atoms with Crippen molar-refractivity contribution in [3.05, 3.63) is 34.9 Å². The minimum Gasteiger partial charge on any atom is -0.385 e. The number of guanidine groups is 1. The second-order valence-electron chi connectivity index (χ2n) is 5.26. The van der Waals surface area contributed by atoms with Gasteiger partial charge in [0.25, 0.3) is 0 Å². The fraction of sp³-hybridized carbons (Fsp3) is 0.562. The minimum atomic E-state index is 0.448. The van der Waals surface area contributed by atoms with Crippen molar-refractivity contribution in [2.45, 2.75) is 31.7 Å². The fourth-order valence-corrected chi connectivity index (χ4v) is 2.55. The minimum absolute atomic E-state index is 0.448. The average molecular weight is 310 g/mol. The highest BCUT2D eigenvalue weighted by atomic mass is 35.5. The van der Waals surface area contributed by atoms with E-state index < -0.39 is 0 Å². The third kappa shape index (κ3) is 5.21. The number of rotatable bonds is 7. The zero-order valence-electron chi connectivity index (χ0n) is 12.7. The molecule has 0 heterocycles. The Morgan fingerprint density at radius 2 is 2.33 bits per heavy atom. The van der Waals surface area contributed by atoms with Crippen molar-refractivity contribution >= 4 is 17.6 Å². The highest BCUT2D eigenvalue weighted by molar-refractivity contribution is 6.30. The van der Waals surface area contributed by atoms with E-state index in [2.05, 4.69) is 34.7 Å². The van der Waals surface area contributed by atoms with E-state index in [9.17, 15) is 0 Å². The maximum absolute atomic E-state index is 6.05. The van der Waals surface area contributed by atoms with Crippen molar-refractivity contribution in [1.82, 2.24) is 10.6 Å². The van der Waals surface area contributed by atoms with Crippen LogP contribution >= 0.6 is 11.6 Å². The first-order chi connectivity index (χ1) is 10.2. The molecule has 0 aromatic heterocycles. The largest absolute Gasteiger partial charge is 0.385 e. The molecule has 21 heavy (non-hydrogen) atoms. The molecule has 2 rings (SSSR count). The van der Waals surface area contributed by atoms with Crippen molar-refractivity contribution in [2.24, 2.45) is 4.99 Å². The van der Waals surface area contributed by atoms with Crippen LogP contribution in [0.5, 0.6) is 0 Å². The van der Waals surface area contributed by atoms with Gasteiger partial charge in [0.15, 0.2) is 5.96 Å². The van der Waals surface area contributed by atoms with Gasteiger partial charge in [-0.25, -0.2) is 0 Å². The van der Waals surface area contributed by atoms with Crippen LogP contribution in [-0.2, 0) is 4.74 Å². The Morgan fingerprint density at radius 1 is 1.48 bits per heavy atom. The van der Waals surface area contributed by atoms with Gasteiger partial charge in [-0.1, -0.05) is 23.7 Å². The van der Waals surface area contributed by atoms with Crippen LogP contribution in [0.3, 0.4) is 0 Å². The van der Waals surface area contributed by atoms with E-state index in [0.29, 0.717) is 12.0 Å². The van der Waals surface area contributed by atoms with Gasteiger partial charge in [0, 0.05) is 43.8 Å². The lowest BCUT2D eigenvalue weighted by Gasteiger charge is -2.11. The normalized spacial score (nSPS) is 21.2. The van der Waals surface area contributed by atoms with Crippen LogP contribution in [0.15, 0.2) is 29.3 Å². The maximum atomic E-state index is 6.05. The van der Waals surface area contributed by atoms with E-state index in [4.69, 9.17) is 16.3 Å². The second-order valence-corrected chi connectivity index (χ2v) is 5.69. The summed E-state index contributed by atoms with van der Waals surface area (Å²) in [7, 11) is 1.72. The third-order valence-corrected chi connectivity index (χ3v) is 3.75. The maximum Gasteiger partial charge on any atom is 0.191 e. The topological polar surface area (TPSA) is 45.7 Å². The molecule has 0 spiro atoms. The number of aliphatic imine (C=N–C) groups is 1. The van der Waals surface area contributed by atoms with Crippen molar-refractivity contribution in [2.75, 3.05) is 26.8 Å². The molecule has 2 N–H and O–H groups in total. The van der Waals surface area contributed by atoms with Crippen molar-refractivity contribution in [3.63, 3.8) is 0 Å². The molecule has 0 bridgehead atoms. The summed E-state index contributed by atoms with van der Waals surface area (Å²) in [5.74, 6) is 1.43. The number of nitrogens with zero attached hydrogens (tertiary/aromatic N) is 1. The van der Waals surface area contributed by atoms with Gasteiger partial charge in [0.1, 0.15) is 0 Å². The summed E-state index contributed by atoms with van der Waals surface area (Å²) < 4.78 is 5.04. The molecular weight excluding hydrogens is 286 g/mol. The zero-order valence-corrected chi connectivity index (χ0v) is 13.5. The first-order valence-electron chi connectivity index (χ1n) is 7.53. The van der Waals surface area contributed by atoms with Crippen LogP contribution in [-0.4, -0.2) is 38.8 Å². The molecule has 2 unspecified atom stereocenters. The third-order valence-electron chi connectivity index (χ3n) is 3.51. The number of nitrogens with one attached hydrogen (secondary N) is 2.